The minimum absolute atomic E-state index is 0.0785. The van der Waals surface area contributed by atoms with Gasteiger partial charge in [-0.25, -0.2) is 0 Å². The zero-order chi connectivity index (χ0) is 16.8. The van der Waals surface area contributed by atoms with Crippen LogP contribution in [0.1, 0.15) is 6.42 Å². The van der Waals surface area contributed by atoms with Gasteiger partial charge in [0.05, 0.1) is 0 Å². The van der Waals surface area contributed by atoms with Crippen molar-refractivity contribution in [3.63, 3.8) is 0 Å². The maximum atomic E-state index is 15.6. The SMILES string of the molecule is FCCC(F)[PH](c1ccccc1)(c1ccccc1)c1ccccc1. The third kappa shape index (κ3) is 2.99. The van der Waals surface area contributed by atoms with Gasteiger partial charge in [-0.15, -0.1) is 0 Å². The van der Waals surface area contributed by atoms with Gasteiger partial charge in [0, 0.05) is 0 Å². The minimum atomic E-state index is -2.95. The van der Waals surface area contributed by atoms with E-state index >= 15 is 4.39 Å². The summed E-state index contributed by atoms with van der Waals surface area (Å²) in [6.45, 7) is -0.650. The normalized spacial score (nSPS) is 13.4. The van der Waals surface area contributed by atoms with Gasteiger partial charge in [0.2, 0.25) is 0 Å². The molecule has 0 aliphatic carbocycles. The van der Waals surface area contributed by atoms with Gasteiger partial charge in [0.25, 0.3) is 0 Å². The fourth-order valence-corrected chi connectivity index (χ4v) is 8.24. The Labute approximate surface area is 142 Å². The Kier molecular flexibility index (Phi) is 5.37. The molecule has 0 saturated carbocycles. The van der Waals surface area contributed by atoms with Crippen LogP contribution in [0, 0.1) is 0 Å². The van der Waals surface area contributed by atoms with Gasteiger partial charge in [0.15, 0.2) is 0 Å². The van der Waals surface area contributed by atoms with Crippen LogP contribution in [0.5, 0.6) is 0 Å². The van der Waals surface area contributed by atoms with Gasteiger partial charge >= 0.3 is 142 Å². The molecule has 0 spiro atoms. The van der Waals surface area contributed by atoms with E-state index in [2.05, 4.69) is 0 Å². The Morgan fingerprint density at radius 3 is 1.25 bits per heavy atom. The summed E-state index contributed by atoms with van der Waals surface area (Å²) in [5.41, 5.74) is 0. The molecule has 0 radical (unpaired) electrons. The first-order valence-corrected chi connectivity index (χ1v) is 10.2. The standard InChI is InChI=1S/C21H21F2P/c22-17-16-21(23)24(18-10-4-1-5-11-18,19-12-6-2-7-13-19)20-14-8-3-9-15-20/h1-15,21,24H,16-17H2. The second-order valence-corrected chi connectivity index (χ2v) is 9.83. The van der Waals surface area contributed by atoms with Crippen LogP contribution in [-0.2, 0) is 0 Å². The van der Waals surface area contributed by atoms with E-state index in [-0.39, 0.29) is 6.42 Å². The Hall–Kier alpha value is -2.05. The van der Waals surface area contributed by atoms with Crippen molar-refractivity contribution < 1.29 is 8.78 Å². The van der Waals surface area contributed by atoms with Gasteiger partial charge in [-0.3, -0.25) is 0 Å². The fraction of sp³-hybridized carbons (Fsp3) is 0.143. The molecule has 0 amide bonds. The van der Waals surface area contributed by atoms with Gasteiger partial charge in [-0.2, -0.15) is 0 Å². The second-order valence-electron chi connectivity index (χ2n) is 5.85. The zero-order valence-electron chi connectivity index (χ0n) is 13.4. The molecule has 0 fully saturated rings. The van der Waals surface area contributed by atoms with Crippen molar-refractivity contribution in [2.45, 2.75) is 12.3 Å². The van der Waals surface area contributed by atoms with Crippen molar-refractivity contribution in [1.82, 2.24) is 0 Å². The molecular weight excluding hydrogens is 321 g/mol. The average Bonchev–Trinajstić information content (AvgIpc) is 2.65. The van der Waals surface area contributed by atoms with Crippen molar-refractivity contribution in [3.8, 4) is 0 Å². The number of benzene rings is 3. The summed E-state index contributed by atoms with van der Waals surface area (Å²) in [7, 11) is -2.95. The quantitative estimate of drug-likeness (QED) is 0.584. The predicted octanol–water partition coefficient (Wildman–Crippen LogP) is 4.37. The summed E-state index contributed by atoms with van der Waals surface area (Å²) < 4.78 is 28.7. The summed E-state index contributed by atoms with van der Waals surface area (Å²) in [5, 5.41) is 2.93. The van der Waals surface area contributed by atoms with Crippen LogP contribution in [0.4, 0.5) is 8.78 Å². The molecule has 3 aromatic carbocycles. The molecule has 124 valence electrons. The second kappa shape index (κ2) is 7.68. The maximum absolute atomic E-state index is 15.6. The van der Waals surface area contributed by atoms with E-state index in [0.29, 0.717) is 0 Å². The molecule has 0 N–H and O–H groups in total. The topological polar surface area (TPSA) is 0 Å². The molecule has 3 aromatic rings. The summed E-state index contributed by atoms with van der Waals surface area (Å²) in [6.07, 6.45) is -0.0785. The monoisotopic (exact) mass is 342 g/mol. The molecule has 0 heterocycles. The first-order chi connectivity index (χ1) is 11.8. The first kappa shape index (κ1) is 16.8. The molecule has 0 saturated heterocycles. The van der Waals surface area contributed by atoms with Crippen LogP contribution in [0.15, 0.2) is 91.0 Å². The molecule has 0 aliphatic rings. The van der Waals surface area contributed by atoms with Crippen LogP contribution < -0.4 is 15.9 Å². The molecule has 1 atom stereocenters. The van der Waals surface area contributed by atoms with E-state index in [1.54, 1.807) is 0 Å². The Bertz CT molecular complexity index is 648. The third-order valence-corrected chi connectivity index (χ3v) is 9.48. The van der Waals surface area contributed by atoms with E-state index in [1.165, 1.54) is 0 Å². The molecule has 3 rings (SSSR count). The first-order valence-electron chi connectivity index (χ1n) is 8.16. The Morgan fingerprint density at radius 1 is 0.625 bits per heavy atom. The van der Waals surface area contributed by atoms with Crippen LogP contribution >= 0.6 is 7.26 Å². The zero-order valence-corrected chi connectivity index (χ0v) is 14.4. The van der Waals surface area contributed by atoms with Gasteiger partial charge < -0.3 is 0 Å². The number of alkyl halides is 2. The number of rotatable bonds is 6. The van der Waals surface area contributed by atoms with Gasteiger partial charge in [-0.1, -0.05) is 0 Å². The van der Waals surface area contributed by atoms with Crippen molar-refractivity contribution >= 4 is 23.2 Å². The van der Waals surface area contributed by atoms with E-state index in [4.69, 9.17) is 0 Å². The molecule has 0 bridgehead atoms. The Morgan fingerprint density at radius 2 is 0.958 bits per heavy atom. The van der Waals surface area contributed by atoms with Gasteiger partial charge in [0.1, 0.15) is 0 Å². The van der Waals surface area contributed by atoms with E-state index < -0.39 is 19.8 Å². The number of hydrogen-bond donors (Lipinski definition) is 0. The van der Waals surface area contributed by atoms with Crippen molar-refractivity contribution in [2.75, 3.05) is 6.67 Å². The predicted molar refractivity (Wildman–Crippen MR) is 102 cm³/mol. The fourth-order valence-electron chi connectivity index (χ4n) is 3.46. The van der Waals surface area contributed by atoms with Crippen molar-refractivity contribution in [3.05, 3.63) is 91.0 Å². The molecular formula is C21H21F2P. The summed E-state index contributed by atoms with van der Waals surface area (Å²) in [6, 6.07) is 29.3. The van der Waals surface area contributed by atoms with E-state index in [1.807, 2.05) is 91.0 Å². The van der Waals surface area contributed by atoms with Crippen LogP contribution in [0.3, 0.4) is 0 Å². The molecule has 0 nitrogen and oxygen atoms in total. The molecule has 0 aliphatic heterocycles. The van der Waals surface area contributed by atoms with Crippen LogP contribution in [0.2, 0.25) is 0 Å². The summed E-state index contributed by atoms with van der Waals surface area (Å²) in [4.78, 5) is 0. The van der Waals surface area contributed by atoms with E-state index in [0.717, 1.165) is 15.9 Å². The van der Waals surface area contributed by atoms with Crippen LogP contribution in [-0.4, -0.2) is 12.6 Å². The van der Waals surface area contributed by atoms with Crippen molar-refractivity contribution in [2.24, 2.45) is 0 Å². The molecule has 0 aromatic heterocycles. The third-order valence-electron chi connectivity index (χ3n) is 4.52. The number of hydrogen-bond acceptors (Lipinski definition) is 0. The Balaban J connectivity index is 2.33. The van der Waals surface area contributed by atoms with E-state index in [9.17, 15) is 4.39 Å². The summed E-state index contributed by atoms with van der Waals surface area (Å²) >= 11 is 0. The van der Waals surface area contributed by atoms with Gasteiger partial charge in [-0.05, 0) is 0 Å². The molecule has 24 heavy (non-hydrogen) atoms. The molecule has 3 heteroatoms. The average molecular weight is 342 g/mol. The van der Waals surface area contributed by atoms with Crippen molar-refractivity contribution in [1.29, 1.82) is 0 Å². The summed E-state index contributed by atoms with van der Waals surface area (Å²) in [5.74, 6) is -1.23. The molecule has 1 unspecified atom stereocenters. The van der Waals surface area contributed by atoms with Crippen LogP contribution in [0.25, 0.3) is 0 Å². The number of halogens is 2.